The van der Waals surface area contributed by atoms with Gasteiger partial charge in [0.25, 0.3) is 0 Å². The lowest BCUT2D eigenvalue weighted by molar-refractivity contribution is -0.111. The van der Waals surface area contributed by atoms with E-state index < -0.39 is 23.4 Å². The fourth-order valence-corrected chi connectivity index (χ4v) is 1.79. The van der Waals surface area contributed by atoms with Gasteiger partial charge in [-0.05, 0) is 23.8 Å². The number of nitrogens with one attached hydrogen (secondary N) is 1. The molecule has 5 N–H and O–H groups in total. The second-order valence-corrected chi connectivity index (χ2v) is 4.61. The maximum absolute atomic E-state index is 11.8. The molecular formula is C16H13NO6. The van der Waals surface area contributed by atoms with Gasteiger partial charge in [-0.2, -0.15) is 0 Å². The number of hydrogen-bond donors (Lipinski definition) is 5. The Morgan fingerprint density at radius 2 is 1.57 bits per heavy atom. The number of carboxylic acid groups (broad SMARTS) is 1. The van der Waals surface area contributed by atoms with Crippen LogP contribution in [0.5, 0.6) is 17.2 Å². The molecular weight excluding hydrogens is 302 g/mol. The Morgan fingerprint density at radius 1 is 0.957 bits per heavy atom. The van der Waals surface area contributed by atoms with Crippen molar-refractivity contribution in [3.8, 4) is 17.2 Å². The largest absolute Gasteiger partial charge is 0.508 e. The van der Waals surface area contributed by atoms with Crippen LogP contribution in [0.3, 0.4) is 0 Å². The normalized spacial score (nSPS) is 10.6. The van der Waals surface area contributed by atoms with E-state index in [0.29, 0.717) is 5.56 Å². The average Bonchev–Trinajstić information content (AvgIpc) is 2.50. The van der Waals surface area contributed by atoms with E-state index in [0.717, 1.165) is 12.1 Å². The van der Waals surface area contributed by atoms with Gasteiger partial charge in [0.15, 0.2) is 11.5 Å². The molecule has 0 aliphatic heterocycles. The molecule has 0 aliphatic rings. The third kappa shape index (κ3) is 4.01. The average molecular weight is 315 g/mol. The van der Waals surface area contributed by atoms with Crippen LogP contribution in [0.2, 0.25) is 0 Å². The summed E-state index contributed by atoms with van der Waals surface area (Å²) in [7, 11) is 0. The maximum atomic E-state index is 11.8. The van der Waals surface area contributed by atoms with Gasteiger partial charge in [-0.25, -0.2) is 4.79 Å². The molecule has 0 aliphatic carbocycles. The van der Waals surface area contributed by atoms with Gasteiger partial charge >= 0.3 is 5.97 Å². The summed E-state index contributed by atoms with van der Waals surface area (Å²) in [6, 6.07) is 7.89. The number of aromatic hydroxyl groups is 3. The zero-order chi connectivity index (χ0) is 17.0. The van der Waals surface area contributed by atoms with Crippen molar-refractivity contribution in [2.75, 3.05) is 5.32 Å². The molecule has 0 fully saturated rings. The molecule has 1 amide bonds. The minimum absolute atomic E-state index is 0.0947. The Kier molecular flexibility index (Phi) is 4.51. The first-order valence-corrected chi connectivity index (χ1v) is 6.44. The fourth-order valence-electron chi connectivity index (χ4n) is 1.79. The molecule has 0 bridgehead atoms. The Labute approximate surface area is 130 Å². The molecule has 23 heavy (non-hydrogen) atoms. The number of carbonyl (C=O) groups excluding carboxylic acids is 1. The standard InChI is InChI=1S/C16H13NO6/c18-10-4-1-9(2-5-10)3-6-15(21)17-12-8-14(20)13(19)7-11(12)16(22)23/h1-8,18-20H,(H,17,21)(H,22,23)/b6-3+. The van der Waals surface area contributed by atoms with E-state index in [9.17, 15) is 19.8 Å². The number of phenolic OH excluding ortho intramolecular Hbond substituents is 3. The van der Waals surface area contributed by atoms with Gasteiger partial charge in [-0.1, -0.05) is 12.1 Å². The number of amides is 1. The van der Waals surface area contributed by atoms with Crippen LogP contribution in [-0.4, -0.2) is 32.3 Å². The molecule has 118 valence electrons. The molecule has 0 heterocycles. The number of hydrogen-bond acceptors (Lipinski definition) is 5. The molecule has 2 aromatic carbocycles. The second kappa shape index (κ2) is 6.52. The topological polar surface area (TPSA) is 127 Å². The Morgan fingerprint density at radius 3 is 2.17 bits per heavy atom. The molecule has 0 atom stereocenters. The van der Waals surface area contributed by atoms with Crippen LogP contribution in [0.15, 0.2) is 42.5 Å². The van der Waals surface area contributed by atoms with Gasteiger partial charge in [0.2, 0.25) is 5.91 Å². The van der Waals surface area contributed by atoms with Crippen molar-refractivity contribution in [1.82, 2.24) is 0 Å². The number of phenols is 3. The Balaban J connectivity index is 2.18. The third-order valence-corrected chi connectivity index (χ3v) is 2.92. The van der Waals surface area contributed by atoms with Gasteiger partial charge in [0, 0.05) is 18.2 Å². The summed E-state index contributed by atoms with van der Waals surface area (Å²) in [4.78, 5) is 22.9. The van der Waals surface area contributed by atoms with Gasteiger partial charge in [0.1, 0.15) is 5.75 Å². The van der Waals surface area contributed by atoms with E-state index in [4.69, 9.17) is 10.2 Å². The van der Waals surface area contributed by atoms with Crippen LogP contribution >= 0.6 is 0 Å². The van der Waals surface area contributed by atoms with Crippen LogP contribution in [0.4, 0.5) is 5.69 Å². The molecule has 0 saturated heterocycles. The number of aromatic carboxylic acids is 1. The number of rotatable bonds is 4. The zero-order valence-corrected chi connectivity index (χ0v) is 11.7. The van der Waals surface area contributed by atoms with Gasteiger partial charge < -0.3 is 25.7 Å². The highest BCUT2D eigenvalue weighted by molar-refractivity contribution is 6.06. The van der Waals surface area contributed by atoms with Crippen molar-refractivity contribution in [3.63, 3.8) is 0 Å². The van der Waals surface area contributed by atoms with Crippen LogP contribution in [-0.2, 0) is 4.79 Å². The Bertz CT molecular complexity index is 780. The van der Waals surface area contributed by atoms with Crippen molar-refractivity contribution in [3.05, 3.63) is 53.6 Å². The van der Waals surface area contributed by atoms with Gasteiger partial charge in [0.05, 0.1) is 11.3 Å². The number of benzene rings is 2. The molecule has 0 saturated carbocycles. The highest BCUT2D eigenvalue weighted by Crippen LogP contribution is 2.31. The Hall–Kier alpha value is -3.48. The first-order chi connectivity index (χ1) is 10.9. The van der Waals surface area contributed by atoms with Crippen molar-refractivity contribution < 1.29 is 30.0 Å². The lowest BCUT2D eigenvalue weighted by atomic mass is 10.1. The van der Waals surface area contributed by atoms with Crippen LogP contribution in [0, 0.1) is 0 Å². The lowest BCUT2D eigenvalue weighted by Gasteiger charge is -2.08. The van der Waals surface area contributed by atoms with Crippen LogP contribution in [0.1, 0.15) is 15.9 Å². The number of carbonyl (C=O) groups is 2. The van der Waals surface area contributed by atoms with E-state index in [2.05, 4.69) is 5.32 Å². The van der Waals surface area contributed by atoms with Crippen molar-refractivity contribution >= 4 is 23.6 Å². The molecule has 2 aromatic rings. The molecule has 7 heteroatoms. The summed E-state index contributed by atoms with van der Waals surface area (Å²) >= 11 is 0. The van der Waals surface area contributed by atoms with Crippen LogP contribution < -0.4 is 5.32 Å². The summed E-state index contributed by atoms with van der Waals surface area (Å²) in [5.74, 6) is -3.03. The molecule has 0 radical (unpaired) electrons. The van der Waals surface area contributed by atoms with E-state index >= 15 is 0 Å². The fraction of sp³-hybridized carbons (Fsp3) is 0. The van der Waals surface area contributed by atoms with Crippen molar-refractivity contribution in [1.29, 1.82) is 0 Å². The predicted octanol–water partition coefficient (Wildman–Crippen LogP) is 2.15. The highest BCUT2D eigenvalue weighted by atomic mass is 16.4. The minimum atomic E-state index is -1.36. The quantitative estimate of drug-likeness (QED) is 0.334. The summed E-state index contributed by atoms with van der Waals surface area (Å²) in [6.07, 6.45) is 2.64. The second-order valence-electron chi connectivity index (χ2n) is 4.61. The first-order valence-electron chi connectivity index (χ1n) is 6.44. The SMILES string of the molecule is O=C(/C=C/c1ccc(O)cc1)Nc1cc(O)c(O)cc1C(=O)O. The first kappa shape index (κ1) is 15.9. The lowest BCUT2D eigenvalue weighted by Crippen LogP contribution is -2.12. The molecule has 2 rings (SSSR count). The maximum Gasteiger partial charge on any atom is 0.337 e. The smallest absolute Gasteiger partial charge is 0.337 e. The monoisotopic (exact) mass is 315 g/mol. The summed E-state index contributed by atoms with van der Waals surface area (Å²) in [5, 5.41) is 39.3. The van der Waals surface area contributed by atoms with Gasteiger partial charge in [-0.3, -0.25) is 4.79 Å². The summed E-state index contributed by atoms with van der Waals surface area (Å²) in [6.45, 7) is 0. The summed E-state index contributed by atoms with van der Waals surface area (Å²) in [5.41, 5.74) is 0.157. The molecule has 7 nitrogen and oxygen atoms in total. The van der Waals surface area contributed by atoms with E-state index in [1.165, 1.54) is 24.3 Å². The summed E-state index contributed by atoms with van der Waals surface area (Å²) < 4.78 is 0. The third-order valence-electron chi connectivity index (χ3n) is 2.92. The van der Waals surface area contributed by atoms with Crippen molar-refractivity contribution in [2.24, 2.45) is 0 Å². The minimum Gasteiger partial charge on any atom is -0.508 e. The van der Waals surface area contributed by atoms with Crippen LogP contribution in [0.25, 0.3) is 6.08 Å². The van der Waals surface area contributed by atoms with Gasteiger partial charge in [-0.15, -0.1) is 0 Å². The highest BCUT2D eigenvalue weighted by Gasteiger charge is 2.15. The predicted molar refractivity (Wildman–Crippen MR) is 82.5 cm³/mol. The zero-order valence-electron chi connectivity index (χ0n) is 11.7. The molecule has 0 unspecified atom stereocenters. The van der Waals surface area contributed by atoms with Crippen molar-refractivity contribution in [2.45, 2.75) is 0 Å². The molecule has 0 spiro atoms. The van der Waals surface area contributed by atoms with E-state index in [1.54, 1.807) is 12.1 Å². The number of carboxylic acids is 1. The number of anilines is 1. The van der Waals surface area contributed by atoms with E-state index in [1.807, 2.05) is 0 Å². The molecule has 0 aromatic heterocycles. The van der Waals surface area contributed by atoms with E-state index in [-0.39, 0.29) is 17.0 Å².